The second kappa shape index (κ2) is 4.93. The smallest absolute Gasteiger partial charge is 0.368 e. The number of nitrogens with two attached hydrogens (primary N) is 1. The Labute approximate surface area is 111 Å². The highest BCUT2D eigenvalue weighted by atomic mass is 35.5. The lowest BCUT2D eigenvalue weighted by Gasteiger charge is -2.10. The quantitative estimate of drug-likeness (QED) is 0.888. The predicted molar refractivity (Wildman–Crippen MR) is 66.2 cm³/mol. The van der Waals surface area contributed by atoms with Gasteiger partial charge in [-0.25, -0.2) is 4.98 Å². The molecule has 19 heavy (non-hydrogen) atoms. The Morgan fingerprint density at radius 2 is 1.79 bits per heavy atom. The molecule has 0 unspecified atom stereocenters. The van der Waals surface area contributed by atoms with Gasteiger partial charge in [-0.3, -0.25) is 0 Å². The molecule has 0 radical (unpaired) electrons. The Balaban J connectivity index is 2.22. The fourth-order valence-electron chi connectivity index (χ4n) is 1.35. The van der Waals surface area contributed by atoms with Crippen LogP contribution in [0.2, 0.25) is 5.02 Å². The Kier molecular flexibility index (Phi) is 3.48. The Morgan fingerprint density at radius 1 is 1.16 bits per heavy atom. The summed E-state index contributed by atoms with van der Waals surface area (Å²) in [5, 5.41) is 2.98. The molecule has 0 saturated carbocycles. The van der Waals surface area contributed by atoms with Crippen molar-refractivity contribution in [3.8, 4) is 0 Å². The van der Waals surface area contributed by atoms with E-state index < -0.39 is 11.7 Å². The van der Waals surface area contributed by atoms with Gasteiger partial charge in [0.15, 0.2) is 5.82 Å². The van der Waals surface area contributed by atoms with Gasteiger partial charge in [-0.2, -0.15) is 18.2 Å². The van der Waals surface area contributed by atoms with Crippen LogP contribution in [-0.2, 0) is 6.18 Å². The molecule has 0 aliphatic heterocycles. The normalized spacial score (nSPS) is 11.4. The molecule has 2 rings (SSSR count). The first-order chi connectivity index (χ1) is 8.86. The molecule has 0 amide bonds. The molecule has 3 N–H and O–H groups in total. The second-order valence-corrected chi connectivity index (χ2v) is 4.03. The van der Waals surface area contributed by atoms with Gasteiger partial charge in [0.25, 0.3) is 0 Å². The zero-order chi connectivity index (χ0) is 14.0. The van der Waals surface area contributed by atoms with Gasteiger partial charge in [-0.1, -0.05) is 11.6 Å². The predicted octanol–water partition coefficient (Wildman–Crippen LogP) is 3.47. The summed E-state index contributed by atoms with van der Waals surface area (Å²) in [6.45, 7) is 0. The average molecular weight is 289 g/mol. The molecule has 1 aromatic carbocycles. The summed E-state index contributed by atoms with van der Waals surface area (Å²) in [6, 6.07) is 4.47. The molecule has 100 valence electrons. The number of halogens is 4. The number of hydrogen-bond donors (Lipinski definition) is 2. The molecule has 4 nitrogen and oxygen atoms in total. The fraction of sp³-hybridized carbons (Fsp3) is 0.0909. The van der Waals surface area contributed by atoms with E-state index in [2.05, 4.69) is 15.3 Å². The van der Waals surface area contributed by atoms with Crippen LogP contribution in [0, 0.1) is 0 Å². The third-order valence-corrected chi connectivity index (χ3v) is 2.51. The lowest BCUT2D eigenvalue weighted by Crippen LogP contribution is -2.05. The van der Waals surface area contributed by atoms with Gasteiger partial charge in [0.1, 0.15) is 5.02 Å². The van der Waals surface area contributed by atoms with E-state index in [1.54, 1.807) is 0 Å². The highest BCUT2D eigenvalue weighted by Crippen LogP contribution is 2.30. The zero-order valence-electron chi connectivity index (χ0n) is 9.37. The Hall–Kier alpha value is -2.02. The van der Waals surface area contributed by atoms with Crippen LogP contribution in [0.25, 0.3) is 0 Å². The fourth-order valence-corrected chi connectivity index (χ4v) is 1.49. The number of nitrogens with one attached hydrogen (secondary N) is 1. The van der Waals surface area contributed by atoms with Gasteiger partial charge in [-0.05, 0) is 24.3 Å². The molecule has 1 aromatic heterocycles. The van der Waals surface area contributed by atoms with Gasteiger partial charge in [-0.15, -0.1) is 0 Å². The molecule has 0 spiro atoms. The SMILES string of the molecule is Nc1ncc(Cl)c(Nc2ccc(C(F)(F)F)cc2)n1. The van der Waals surface area contributed by atoms with Crippen molar-refractivity contribution >= 4 is 29.1 Å². The maximum absolute atomic E-state index is 12.4. The summed E-state index contributed by atoms with van der Waals surface area (Å²) in [6.07, 6.45) is -3.06. The molecule has 0 saturated heterocycles. The van der Waals surface area contributed by atoms with Crippen LogP contribution in [0.15, 0.2) is 30.5 Å². The number of hydrogen-bond acceptors (Lipinski definition) is 4. The molecular weight excluding hydrogens is 281 g/mol. The standard InChI is InChI=1S/C11H8ClF3N4/c12-8-5-17-10(16)19-9(8)18-7-3-1-6(2-4-7)11(13,14)15/h1-5H,(H3,16,17,18,19). The first kappa shape index (κ1) is 13.4. The topological polar surface area (TPSA) is 63.8 Å². The van der Waals surface area contributed by atoms with E-state index in [-0.39, 0.29) is 16.8 Å². The van der Waals surface area contributed by atoms with Gasteiger partial charge >= 0.3 is 6.18 Å². The number of alkyl halides is 3. The minimum absolute atomic E-state index is 0.0128. The van der Waals surface area contributed by atoms with Crippen molar-refractivity contribution in [2.24, 2.45) is 0 Å². The summed E-state index contributed by atoms with van der Waals surface area (Å²) in [5.74, 6) is 0.243. The van der Waals surface area contributed by atoms with Crippen LogP contribution in [0.4, 0.5) is 30.6 Å². The highest BCUT2D eigenvalue weighted by Gasteiger charge is 2.29. The van der Waals surface area contributed by atoms with Crippen LogP contribution in [0.5, 0.6) is 0 Å². The number of rotatable bonds is 2. The monoisotopic (exact) mass is 288 g/mol. The van der Waals surface area contributed by atoms with Crippen molar-refractivity contribution in [1.29, 1.82) is 0 Å². The third-order valence-electron chi connectivity index (χ3n) is 2.24. The summed E-state index contributed by atoms with van der Waals surface area (Å²) >= 11 is 5.83. The van der Waals surface area contributed by atoms with E-state index >= 15 is 0 Å². The van der Waals surface area contributed by atoms with Crippen LogP contribution >= 0.6 is 11.6 Å². The molecule has 0 aliphatic rings. The van der Waals surface area contributed by atoms with Crippen molar-refractivity contribution < 1.29 is 13.2 Å². The van der Waals surface area contributed by atoms with Crippen LogP contribution in [-0.4, -0.2) is 9.97 Å². The molecule has 8 heteroatoms. The van der Waals surface area contributed by atoms with Gasteiger partial charge in [0.05, 0.1) is 11.8 Å². The molecule has 0 fully saturated rings. The summed E-state index contributed by atoms with van der Waals surface area (Å²) < 4.78 is 37.2. The average Bonchev–Trinajstić information content (AvgIpc) is 2.33. The molecule has 0 atom stereocenters. The van der Waals surface area contributed by atoms with E-state index in [1.807, 2.05) is 0 Å². The molecular formula is C11H8ClF3N4. The maximum atomic E-state index is 12.4. The van der Waals surface area contributed by atoms with Gasteiger partial charge in [0.2, 0.25) is 5.95 Å². The maximum Gasteiger partial charge on any atom is 0.416 e. The second-order valence-electron chi connectivity index (χ2n) is 3.62. The number of nitrogen functional groups attached to an aromatic ring is 1. The molecule has 0 bridgehead atoms. The first-order valence-corrected chi connectivity index (χ1v) is 5.46. The lowest BCUT2D eigenvalue weighted by molar-refractivity contribution is -0.137. The van der Waals surface area contributed by atoms with Gasteiger partial charge in [0, 0.05) is 5.69 Å². The largest absolute Gasteiger partial charge is 0.416 e. The zero-order valence-corrected chi connectivity index (χ0v) is 10.1. The number of benzene rings is 1. The van der Waals surface area contributed by atoms with Crippen LogP contribution in [0.3, 0.4) is 0 Å². The van der Waals surface area contributed by atoms with Crippen LogP contribution < -0.4 is 11.1 Å². The summed E-state index contributed by atoms with van der Waals surface area (Å²) in [7, 11) is 0. The first-order valence-electron chi connectivity index (χ1n) is 5.08. The Morgan fingerprint density at radius 3 is 2.37 bits per heavy atom. The number of aromatic nitrogens is 2. The van der Waals surface area contributed by atoms with Crippen LogP contribution in [0.1, 0.15) is 5.56 Å². The van der Waals surface area contributed by atoms with Crippen molar-refractivity contribution in [2.75, 3.05) is 11.1 Å². The van der Waals surface area contributed by atoms with Crippen molar-refractivity contribution in [2.45, 2.75) is 6.18 Å². The van der Waals surface area contributed by atoms with E-state index in [4.69, 9.17) is 17.3 Å². The van der Waals surface area contributed by atoms with Crippen molar-refractivity contribution in [3.05, 3.63) is 41.0 Å². The van der Waals surface area contributed by atoms with E-state index in [0.717, 1.165) is 12.1 Å². The lowest BCUT2D eigenvalue weighted by atomic mass is 10.2. The minimum atomic E-state index is -4.37. The van der Waals surface area contributed by atoms with E-state index in [0.29, 0.717) is 5.69 Å². The number of anilines is 3. The molecule has 0 aliphatic carbocycles. The van der Waals surface area contributed by atoms with Crippen molar-refractivity contribution in [1.82, 2.24) is 9.97 Å². The van der Waals surface area contributed by atoms with Crippen molar-refractivity contribution in [3.63, 3.8) is 0 Å². The van der Waals surface area contributed by atoms with E-state index in [1.165, 1.54) is 18.3 Å². The van der Waals surface area contributed by atoms with Gasteiger partial charge < -0.3 is 11.1 Å². The summed E-state index contributed by atoms with van der Waals surface area (Å²) in [5.41, 5.74) is 5.07. The molecule has 1 heterocycles. The third kappa shape index (κ3) is 3.25. The number of nitrogens with zero attached hydrogens (tertiary/aromatic N) is 2. The minimum Gasteiger partial charge on any atom is -0.368 e. The molecule has 2 aromatic rings. The van der Waals surface area contributed by atoms with E-state index in [9.17, 15) is 13.2 Å². The highest BCUT2D eigenvalue weighted by molar-refractivity contribution is 6.32. The summed E-state index contributed by atoms with van der Waals surface area (Å²) in [4.78, 5) is 7.51. The Bertz CT molecular complexity index is 583.